The van der Waals surface area contributed by atoms with E-state index in [-0.39, 0.29) is 5.97 Å². The Labute approximate surface area is 89.8 Å². The molecule has 1 saturated carbocycles. The van der Waals surface area contributed by atoms with Crippen LogP contribution in [0.5, 0.6) is 0 Å². The number of H-pyrrole nitrogens is 1. The molecule has 1 aliphatic rings. The van der Waals surface area contributed by atoms with E-state index in [1.54, 1.807) is 0 Å². The lowest BCUT2D eigenvalue weighted by molar-refractivity contribution is 0.0518. The Hall–Kier alpha value is -1.25. The monoisotopic (exact) mass is 207 g/mol. The van der Waals surface area contributed by atoms with Crippen molar-refractivity contribution in [2.24, 2.45) is 0 Å². The van der Waals surface area contributed by atoms with Gasteiger partial charge in [-0.2, -0.15) is 0 Å². The van der Waals surface area contributed by atoms with E-state index >= 15 is 0 Å². The Bertz CT molecular complexity index is 337. The highest BCUT2D eigenvalue weighted by atomic mass is 16.5. The van der Waals surface area contributed by atoms with Crippen molar-refractivity contribution in [3.05, 3.63) is 23.5 Å². The Morgan fingerprint density at radius 3 is 2.93 bits per heavy atom. The Morgan fingerprint density at radius 2 is 2.27 bits per heavy atom. The molecule has 1 fully saturated rings. The van der Waals surface area contributed by atoms with Crippen molar-refractivity contribution in [1.29, 1.82) is 0 Å². The number of rotatable bonds is 3. The van der Waals surface area contributed by atoms with Crippen molar-refractivity contribution in [2.75, 3.05) is 6.61 Å². The van der Waals surface area contributed by atoms with E-state index in [1.807, 2.05) is 19.2 Å². The lowest BCUT2D eigenvalue weighted by Gasteiger charge is -2.09. The number of ether oxygens (including phenoxy) is 1. The first-order valence-electron chi connectivity index (χ1n) is 5.67. The average molecular weight is 207 g/mol. The summed E-state index contributed by atoms with van der Waals surface area (Å²) < 4.78 is 5.02. The summed E-state index contributed by atoms with van der Waals surface area (Å²) in [7, 11) is 0. The molecule has 0 radical (unpaired) electrons. The summed E-state index contributed by atoms with van der Waals surface area (Å²) >= 11 is 0. The van der Waals surface area contributed by atoms with Crippen LogP contribution in [-0.2, 0) is 4.74 Å². The van der Waals surface area contributed by atoms with Crippen LogP contribution < -0.4 is 0 Å². The van der Waals surface area contributed by atoms with Crippen molar-refractivity contribution in [3.8, 4) is 0 Å². The van der Waals surface area contributed by atoms with Crippen LogP contribution in [0.2, 0.25) is 0 Å². The first-order valence-corrected chi connectivity index (χ1v) is 5.67. The summed E-state index contributed by atoms with van der Waals surface area (Å²) in [6, 6.07) is 2.02. The molecular weight excluding hydrogens is 190 g/mol. The van der Waals surface area contributed by atoms with Gasteiger partial charge in [0.25, 0.3) is 0 Å². The Balaban J connectivity index is 2.17. The van der Waals surface area contributed by atoms with E-state index in [0.29, 0.717) is 18.2 Å². The average Bonchev–Trinajstić information content (AvgIpc) is 2.88. The highest BCUT2D eigenvalue weighted by Crippen LogP contribution is 2.35. The highest BCUT2D eigenvalue weighted by Gasteiger charge is 2.23. The Kier molecular flexibility index (Phi) is 3.09. The minimum atomic E-state index is -0.218. The first kappa shape index (κ1) is 10.3. The highest BCUT2D eigenvalue weighted by molar-refractivity contribution is 5.89. The van der Waals surface area contributed by atoms with Gasteiger partial charge in [0.2, 0.25) is 0 Å². The van der Waals surface area contributed by atoms with Gasteiger partial charge in [0.05, 0.1) is 6.61 Å². The third-order valence-corrected chi connectivity index (χ3v) is 3.05. The number of aromatic amines is 1. The fourth-order valence-electron chi connectivity index (χ4n) is 2.34. The summed E-state index contributed by atoms with van der Waals surface area (Å²) in [5.41, 5.74) is 1.80. The maximum atomic E-state index is 11.6. The van der Waals surface area contributed by atoms with Gasteiger partial charge in [0.15, 0.2) is 0 Å². The minimum absolute atomic E-state index is 0.218. The van der Waals surface area contributed by atoms with Crippen LogP contribution in [0.15, 0.2) is 12.3 Å². The molecule has 0 amide bonds. The van der Waals surface area contributed by atoms with Crippen LogP contribution in [0, 0.1) is 0 Å². The molecule has 0 bridgehead atoms. The van der Waals surface area contributed by atoms with Gasteiger partial charge in [-0.1, -0.05) is 12.8 Å². The molecule has 3 heteroatoms. The molecule has 0 unspecified atom stereocenters. The summed E-state index contributed by atoms with van der Waals surface area (Å²) in [5, 5.41) is 0. The number of aromatic nitrogens is 1. The number of hydrogen-bond acceptors (Lipinski definition) is 2. The largest absolute Gasteiger partial charge is 0.461 e. The molecule has 82 valence electrons. The van der Waals surface area contributed by atoms with Crippen LogP contribution in [0.3, 0.4) is 0 Å². The number of nitrogens with one attached hydrogen (secondary N) is 1. The summed E-state index contributed by atoms with van der Waals surface area (Å²) in [4.78, 5) is 14.6. The molecule has 1 heterocycles. The third kappa shape index (κ3) is 2.06. The van der Waals surface area contributed by atoms with Crippen molar-refractivity contribution in [3.63, 3.8) is 0 Å². The normalized spacial score (nSPS) is 16.9. The van der Waals surface area contributed by atoms with E-state index in [2.05, 4.69) is 4.98 Å². The molecule has 3 nitrogen and oxygen atoms in total. The van der Waals surface area contributed by atoms with Gasteiger partial charge < -0.3 is 9.72 Å². The quantitative estimate of drug-likeness (QED) is 0.774. The fourth-order valence-corrected chi connectivity index (χ4v) is 2.34. The lowest BCUT2D eigenvalue weighted by atomic mass is 9.98. The maximum Gasteiger partial charge on any atom is 0.355 e. The second kappa shape index (κ2) is 4.51. The number of carbonyl (C=O) groups excluding carboxylic acids is 1. The van der Waals surface area contributed by atoms with Gasteiger partial charge in [-0.3, -0.25) is 0 Å². The standard InChI is InChI=1S/C12H17NO2/c1-2-15-12(14)11-10(7-8-13-11)9-5-3-4-6-9/h7-9,13H,2-6H2,1H3. The van der Waals surface area contributed by atoms with Crippen LogP contribution in [-0.4, -0.2) is 17.6 Å². The van der Waals surface area contributed by atoms with E-state index in [1.165, 1.54) is 25.7 Å². The summed E-state index contributed by atoms with van der Waals surface area (Å²) in [6.45, 7) is 2.26. The molecule has 2 rings (SSSR count). The van der Waals surface area contributed by atoms with Gasteiger partial charge in [-0.05, 0) is 37.3 Å². The zero-order valence-corrected chi connectivity index (χ0v) is 9.08. The minimum Gasteiger partial charge on any atom is -0.461 e. The smallest absolute Gasteiger partial charge is 0.355 e. The van der Waals surface area contributed by atoms with E-state index in [0.717, 1.165) is 5.56 Å². The SMILES string of the molecule is CCOC(=O)c1[nH]ccc1C1CCCC1. The van der Waals surface area contributed by atoms with Gasteiger partial charge in [0, 0.05) is 6.20 Å². The first-order chi connectivity index (χ1) is 7.33. The van der Waals surface area contributed by atoms with Crippen LogP contribution >= 0.6 is 0 Å². The predicted octanol–water partition coefficient (Wildman–Crippen LogP) is 2.85. The third-order valence-electron chi connectivity index (χ3n) is 3.05. The zero-order valence-electron chi connectivity index (χ0n) is 9.08. The van der Waals surface area contributed by atoms with Gasteiger partial charge in [-0.15, -0.1) is 0 Å². The second-order valence-electron chi connectivity index (χ2n) is 4.01. The molecule has 1 aliphatic carbocycles. The van der Waals surface area contributed by atoms with E-state index in [4.69, 9.17) is 4.74 Å². The summed E-state index contributed by atoms with van der Waals surface area (Å²) in [6.07, 6.45) is 6.78. The van der Waals surface area contributed by atoms with Crippen molar-refractivity contribution in [2.45, 2.75) is 38.5 Å². The molecule has 0 atom stereocenters. The maximum absolute atomic E-state index is 11.6. The van der Waals surface area contributed by atoms with Crippen LogP contribution in [0.25, 0.3) is 0 Å². The summed E-state index contributed by atoms with van der Waals surface area (Å²) in [5.74, 6) is 0.333. The predicted molar refractivity (Wildman–Crippen MR) is 58.0 cm³/mol. The van der Waals surface area contributed by atoms with Crippen LogP contribution in [0.1, 0.15) is 54.6 Å². The molecule has 15 heavy (non-hydrogen) atoms. The number of carbonyl (C=O) groups is 1. The van der Waals surface area contributed by atoms with Crippen molar-refractivity contribution >= 4 is 5.97 Å². The van der Waals surface area contributed by atoms with Crippen molar-refractivity contribution < 1.29 is 9.53 Å². The molecule has 1 aromatic rings. The van der Waals surface area contributed by atoms with E-state index in [9.17, 15) is 4.79 Å². The van der Waals surface area contributed by atoms with Gasteiger partial charge in [0.1, 0.15) is 5.69 Å². The van der Waals surface area contributed by atoms with Gasteiger partial charge >= 0.3 is 5.97 Å². The molecule has 0 aromatic carbocycles. The molecule has 1 aromatic heterocycles. The lowest BCUT2D eigenvalue weighted by Crippen LogP contribution is -2.09. The van der Waals surface area contributed by atoms with Crippen molar-refractivity contribution in [1.82, 2.24) is 4.98 Å². The molecule has 1 N–H and O–H groups in total. The second-order valence-corrected chi connectivity index (χ2v) is 4.01. The molecule has 0 aliphatic heterocycles. The zero-order chi connectivity index (χ0) is 10.7. The van der Waals surface area contributed by atoms with E-state index < -0.39 is 0 Å². The molecular formula is C12H17NO2. The van der Waals surface area contributed by atoms with Crippen LogP contribution in [0.4, 0.5) is 0 Å². The molecule has 0 spiro atoms. The molecule has 0 saturated heterocycles. The fraction of sp³-hybridized carbons (Fsp3) is 0.583. The topological polar surface area (TPSA) is 42.1 Å². The number of hydrogen-bond donors (Lipinski definition) is 1. The Morgan fingerprint density at radius 1 is 1.53 bits per heavy atom. The number of esters is 1. The van der Waals surface area contributed by atoms with Gasteiger partial charge in [-0.25, -0.2) is 4.79 Å².